The Morgan fingerprint density at radius 3 is 2.59 bits per heavy atom. The highest BCUT2D eigenvalue weighted by atomic mass is 79.9. The Bertz CT molecular complexity index is 544. The number of sulfonamides is 1. The van der Waals surface area contributed by atoms with Gasteiger partial charge in [0.15, 0.2) is 0 Å². The highest BCUT2D eigenvalue weighted by Gasteiger charge is 2.22. The summed E-state index contributed by atoms with van der Waals surface area (Å²) in [5, 5.41) is 0. The molecule has 0 amide bonds. The minimum Gasteiger partial charge on any atom is -0.207 e. The summed E-state index contributed by atoms with van der Waals surface area (Å²) in [7, 11) is -3.42. The van der Waals surface area contributed by atoms with E-state index in [1.165, 1.54) is 0 Å². The molecule has 3 nitrogen and oxygen atoms in total. The summed E-state index contributed by atoms with van der Waals surface area (Å²) in [5.41, 5.74) is 0.756. The van der Waals surface area contributed by atoms with Gasteiger partial charge in [-0.15, -0.1) is 0 Å². The molecule has 1 aliphatic carbocycles. The Kier molecular flexibility index (Phi) is 3.70. The van der Waals surface area contributed by atoms with Crippen LogP contribution in [-0.4, -0.2) is 14.5 Å². The first-order valence-electron chi connectivity index (χ1n) is 5.42. The molecule has 5 heteroatoms. The molecule has 1 aromatic carbocycles. The Morgan fingerprint density at radius 2 is 1.94 bits per heavy atom. The highest BCUT2D eigenvalue weighted by molar-refractivity contribution is 9.10. The number of hydrogen-bond donors (Lipinski definition) is 1. The molecule has 0 spiro atoms. The first-order chi connectivity index (χ1) is 7.99. The third-order valence-electron chi connectivity index (χ3n) is 2.77. The second-order valence-electron chi connectivity index (χ2n) is 4.17. The lowest BCUT2D eigenvalue weighted by atomic mass is 10.2. The topological polar surface area (TPSA) is 46.2 Å². The Hall–Kier alpha value is -0.650. The average Bonchev–Trinajstić information content (AvgIpc) is 2.73. The van der Waals surface area contributed by atoms with Crippen LogP contribution in [0, 0.1) is 6.92 Å². The van der Waals surface area contributed by atoms with Crippen molar-refractivity contribution in [2.75, 3.05) is 0 Å². The van der Waals surface area contributed by atoms with E-state index in [0.717, 1.165) is 22.9 Å². The summed E-state index contributed by atoms with van der Waals surface area (Å²) in [6, 6.07) is 5.27. The van der Waals surface area contributed by atoms with Gasteiger partial charge in [0.1, 0.15) is 0 Å². The zero-order valence-corrected chi connectivity index (χ0v) is 11.9. The van der Waals surface area contributed by atoms with Crippen LogP contribution in [0.1, 0.15) is 18.4 Å². The van der Waals surface area contributed by atoms with Gasteiger partial charge in [0.25, 0.3) is 0 Å². The second-order valence-corrected chi connectivity index (χ2v) is 6.77. The van der Waals surface area contributed by atoms with E-state index < -0.39 is 10.0 Å². The van der Waals surface area contributed by atoms with Crippen LogP contribution in [-0.2, 0) is 10.0 Å². The van der Waals surface area contributed by atoms with Gasteiger partial charge in [-0.3, -0.25) is 0 Å². The van der Waals surface area contributed by atoms with Crippen LogP contribution in [0.15, 0.2) is 39.7 Å². The highest BCUT2D eigenvalue weighted by Crippen LogP contribution is 2.22. The zero-order chi connectivity index (χ0) is 12.5. The van der Waals surface area contributed by atoms with E-state index in [1.54, 1.807) is 19.1 Å². The first-order valence-corrected chi connectivity index (χ1v) is 7.70. The van der Waals surface area contributed by atoms with Gasteiger partial charge >= 0.3 is 0 Å². The predicted octanol–water partition coefficient (Wildman–Crippen LogP) is 2.75. The third-order valence-corrected chi connectivity index (χ3v) is 4.93. The lowest BCUT2D eigenvalue weighted by Crippen LogP contribution is -2.33. The largest absolute Gasteiger partial charge is 0.241 e. The molecule has 0 aromatic heterocycles. The Balaban J connectivity index is 2.27. The standard InChI is InChI=1S/C12H14BrNO2S/c1-9-6-7-10(13)8-12(9)17(15,16)14-11-4-2-3-5-11/h2-3,6-8,11,14H,4-5H2,1H3. The lowest BCUT2D eigenvalue weighted by Gasteiger charge is -2.14. The fourth-order valence-corrected chi connectivity index (χ4v) is 3.90. The van der Waals surface area contributed by atoms with E-state index in [9.17, 15) is 8.42 Å². The number of halogens is 1. The van der Waals surface area contributed by atoms with E-state index in [-0.39, 0.29) is 6.04 Å². The van der Waals surface area contributed by atoms with Crippen molar-refractivity contribution in [2.24, 2.45) is 0 Å². The fraction of sp³-hybridized carbons (Fsp3) is 0.333. The van der Waals surface area contributed by atoms with Crippen molar-refractivity contribution >= 4 is 26.0 Å². The smallest absolute Gasteiger partial charge is 0.207 e. The summed E-state index contributed by atoms with van der Waals surface area (Å²) < 4.78 is 27.9. The molecule has 1 aliphatic rings. The average molecular weight is 316 g/mol. The Morgan fingerprint density at radius 1 is 1.29 bits per heavy atom. The normalized spacial score (nSPS) is 16.6. The van der Waals surface area contributed by atoms with Crippen LogP contribution in [0.2, 0.25) is 0 Å². The second kappa shape index (κ2) is 4.92. The predicted molar refractivity (Wildman–Crippen MR) is 71.4 cm³/mol. The van der Waals surface area contributed by atoms with Crippen LogP contribution in [0.5, 0.6) is 0 Å². The van der Waals surface area contributed by atoms with Gasteiger partial charge in [0, 0.05) is 10.5 Å². The molecule has 0 aliphatic heterocycles. The fourth-order valence-electron chi connectivity index (χ4n) is 1.86. The third kappa shape index (κ3) is 2.97. The van der Waals surface area contributed by atoms with Crippen LogP contribution >= 0.6 is 15.9 Å². The van der Waals surface area contributed by atoms with Gasteiger partial charge < -0.3 is 0 Å². The summed E-state index contributed by atoms with van der Waals surface area (Å²) in [6.07, 6.45) is 5.54. The van der Waals surface area contributed by atoms with Gasteiger partial charge in [-0.05, 0) is 37.5 Å². The number of hydrogen-bond acceptors (Lipinski definition) is 2. The molecule has 92 valence electrons. The Labute approximate surface area is 110 Å². The van der Waals surface area contributed by atoms with Crippen LogP contribution < -0.4 is 4.72 Å². The van der Waals surface area contributed by atoms with E-state index in [4.69, 9.17) is 0 Å². The van der Waals surface area contributed by atoms with Crippen molar-refractivity contribution in [1.29, 1.82) is 0 Å². The molecule has 1 N–H and O–H groups in total. The van der Waals surface area contributed by atoms with Crippen molar-refractivity contribution in [3.8, 4) is 0 Å². The molecule has 0 atom stereocenters. The molecule has 1 aromatic rings. The van der Waals surface area contributed by atoms with E-state index >= 15 is 0 Å². The number of aryl methyl sites for hydroxylation is 1. The maximum atomic E-state index is 12.2. The molecule has 0 saturated carbocycles. The van der Waals surface area contributed by atoms with Gasteiger partial charge in [-0.2, -0.15) is 0 Å². The molecule has 17 heavy (non-hydrogen) atoms. The number of benzene rings is 1. The maximum absolute atomic E-state index is 12.2. The first kappa shape index (κ1) is 12.8. The molecule has 2 rings (SSSR count). The van der Waals surface area contributed by atoms with Crippen LogP contribution in [0.4, 0.5) is 0 Å². The van der Waals surface area contributed by atoms with Crippen molar-refractivity contribution in [3.63, 3.8) is 0 Å². The van der Waals surface area contributed by atoms with E-state index in [1.807, 2.05) is 18.2 Å². The lowest BCUT2D eigenvalue weighted by molar-refractivity contribution is 0.557. The number of nitrogens with one attached hydrogen (secondary N) is 1. The van der Waals surface area contributed by atoms with Crippen LogP contribution in [0.25, 0.3) is 0 Å². The summed E-state index contributed by atoms with van der Waals surface area (Å²) in [5.74, 6) is 0. The quantitative estimate of drug-likeness (QED) is 0.872. The van der Waals surface area contributed by atoms with Gasteiger partial charge in [0.05, 0.1) is 4.90 Å². The molecule has 0 bridgehead atoms. The van der Waals surface area contributed by atoms with E-state index in [0.29, 0.717) is 4.90 Å². The molecule has 0 radical (unpaired) electrons. The van der Waals surface area contributed by atoms with Crippen LogP contribution in [0.3, 0.4) is 0 Å². The van der Waals surface area contributed by atoms with Crippen molar-refractivity contribution in [3.05, 3.63) is 40.4 Å². The SMILES string of the molecule is Cc1ccc(Br)cc1S(=O)(=O)NC1CC=CC1. The van der Waals surface area contributed by atoms with Gasteiger partial charge in [0.2, 0.25) is 10.0 Å². The summed E-state index contributed by atoms with van der Waals surface area (Å²) in [4.78, 5) is 0.346. The molecule has 0 fully saturated rings. The minimum atomic E-state index is -3.42. The minimum absolute atomic E-state index is 0.00150. The summed E-state index contributed by atoms with van der Waals surface area (Å²) in [6.45, 7) is 1.80. The van der Waals surface area contributed by atoms with E-state index in [2.05, 4.69) is 20.7 Å². The number of rotatable bonds is 3. The molecular formula is C12H14BrNO2S. The molecular weight excluding hydrogens is 302 g/mol. The molecule has 0 saturated heterocycles. The van der Waals surface area contributed by atoms with Crippen molar-refractivity contribution in [1.82, 2.24) is 4.72 Å². The molecule has 0 unspecified atom stereocenters. The van der Waals surface area contributed by atoms with Gasteiger partial charge in [-0.25, -0.2) is 13.1 Å². The zero-order valence-electron chi connectivity index (χ0n) is 9.48. The molecule has 0 heterocycles. The van der Waals surface area contributed by atoms with Crippen molar-refractivity contribution < 1.29 is 8.42 Å². The summed E-state index contributed by atoms with van der Waals surface area (Å²) >= 11 is 3.30. The van der Waals surface area contributed by atoms with Crippen molar-refractivity contribution in [2.45, 2.75) is 30.7 Å². The monoisotopic (exact) mass is 315 g/mol. The maximum Gasteiger partial charge on any atom is 0.241 e. The van der Waals surface area contributed by atoms with Gasteiger partial charge in [-0.1, -0.05) is 34.1 Å².